The predicted octanol–water partition coefficient (Wildman–Crippen LogP) is 2.06. The molecule has 1 saturated heterocycles. The second-order valence-corrected chi connectivity index (χ2v) is 5.55. The first kappa shape index (κ1) is 10.1. The molecule has 1 amide bonds. The van der Waals surface area contributed by atoms with Crippen LogP contribution in [0.25, 0.3) is 0 Å². The average Bonchev–Trinajstić information content (AvgIpc) is 2.73. The highest BCUT2D eigenvalue weighted by Crippen LogP contribution is 2.21. The summed E-state index contributed by atoms with van der Waals surface area (Å²) in [6, 6.07) is 0. The number of carbonyl (C=O) groups is 1. The van der Waals surface area contributed by atoms with Crippen molar-refractivity contribution in [1.82, 2.24) is 9.88 Å². The number of hydrogen-bond acceptors (Lipinski definition) is 3. The van der Waals surface area contributed by atoms with Crippen LogP contribution in [0.4, 0.5) is 0 Å². The zero-order valence-corrected chi connectivity index (χ0v) is 10.3. The lowest BCUT2D eigenvalue weighted by atomic mass is 10.3. The summed E-state index contributed by atoms with van der Waals surface area (Å²) in [5.41, 5.74) is 2.57. The standard InChI is InChI=1S/C9H11BrN2OS/c1-6-8(14-5-11-6)9(13)12-3-2-7(10)4-12/h5,7H,2-4H2,1H3. The number of hydrogen-bond donors (Lipinski definition) is 0. The summed E-state index contributed by atoms with van der Waals surface area (Å²) in [6.45, 7) is 3.55. The van der Waals surface area contributed by atoms with Gasteiger partial charge in [-0.15, -0.1) is 11.3 Å². The van der Waals surface area contributed by atoms with Crippen LogP contribution in [0.3, 0.4) is 0 Å². The third kappa shape index (κ3) is 1.83. The lowest BCUT2D eigenvalue weighted by molar-refractivity contribution is 0.0797. The fourth-order valence-corrected chi connectivity index (χ4v) is 2.88. The molecule has 1 atom stereocenters. The largest absolute Gasteiger partial charge is 0.337 e. The normalized spacial score (nSPS) is 21.6. The van der Waals surface area contributed by atoms with Crippen molar-refractivity contribution in [2.24, 2.45) is 0 Å². The van der Waals surface area contributed by atoms with E-state index in [0.29, 0.717) is 4.83 Å². The van der Waals surface area contributed by atoms with Gasteiger partial charge in [0, 0.05) is 17.9 Å². The number of alkyl halides is 1. The van der Waals surface area contributed by atoms with E-state index in [-0.39, 0.29) is 5.91 Å². The molecule has 1 aliphatic rings. The van der Waals surface area contributed by atoms with Crippen LogP contribution in [0.2, 0.25) is 0 Å². The number of likely N-dealkylation sites (tertiary alicyclic amines) is 1. The van der Waals surface area contributed by atoms with Crippen molar-refractivity contribution < 1.29 is 4.79 Å². The molecule has 14 heavy (non-hydrogen) atoms. The number of rotatable bonds is 1. The molecule has 0 bridgehead atoms. The van der Waals surface area contributed by atoms with E-state index in [9.17, 15) is 4.79 Å². The summed E-state index contributed by atoms with van der Waals surface area (Å²) in [4.78, 5) is 19.2. The summed E-state index contributed by atoms with van der Waals surface area (Å²) in [6.07, 6.45) is 1.05. The Bertz CT molecular complexity index is 352. The molecule has 1 unspecified atom stereocenters. The second-order valence-electron chi connectivity index (χ2n) is 3.40. The van der Waals surface area contributed by atoms with E-state index in [0.717, 1.165) is 30.1 Å². The number of aryl methyl sites for hydroxylation is 1. The highest BCUT2D eigenvalue weighted by Gasteiger charge is 2.26. The van der Waals surface area contributed by atoms with Crippen molar-refractivity contribution in [3.05, 3.63) is 16.1 Å². The molecule has 5 heteroatoms. The van der Waals surface area contributed by atoms with Crippen molar-refractivity contribution in [1.29, 1.82) is 0 Å². The topological polar surface area (TPSA) is 33.2 Å². The van der Waals surface area contributed by atoms with Gasteiger partial charge in [0.05, 0.1) is 11.2 Å². The van der Waals surface area contributed by atoms with Crippen LogP contribution in [0.5, 0.6) is 0 Å². The minimum atomic E-state index is 0.131. The first-order chi connectivity index (χ1) is 6.68. The Labute approximate surface area is 95.3 Å². The van der Waals surface area contributed by atoms with Crippen LogP contribution in [0.1, 0.15) is 21.8 Å². The summed E-state index contributed by atoms with van der Waals surface area (Å²) >= 11 is 4.95. The number of nitrogens with zero attached hydrogens (tertiary/aromatic N) is 2. The molecule has 0 aliphatic carbocycles. The first-order valence-electron chi connectivity index (χ1n) is 4.52. The molecule has 0 radical (unpaired) electrons. The van der Waals surface area contributed by atoms with Crippen LogP contribution in [0, 0.1) is 6.92 Å². The van der Waals surface area contributed by atoms with Gasteiger partial charge >= 0.3 is 0 Å². The molecule has 0 aromatic carbocycles. The molecular formula is C9H11BrN2OS. The quantitative estimate of drug-likeness (QED) is 0.735. The second kappa shape index (κ2) is 3.98. The highest BCUT2D eigenvalue weighted by molar-refractivity contribution is 9.09. The van der Waals surface area contributed by atoms with E-state index in [2.05, 4.69) is 20.9 Å². The van der Waals surface area contributed by atoms with Gasteiger partial charge < -0.3 is 4.90 Å². The Hall–Kier alpha value is -0.420. The van der Waals surface area contributed by atoms with Crippen molar-refractivity contribution in [2.45, 2.75) is 18.2 Å². The zero-order chi connectivity index (χ0) is 10.1. The SMILES string of the molecule is Cc1ncsc1C(=O)N1CCC(Br)C1. The van der Waals surface area contributed by atoms with Gasteiger partial charge in [-0.1, -0.05) is 15.9 Å². The molecule has 76 valence electrons. The molecule has 1 aliphatic heterocycles. The van der Waals surface area contributed by atoms with Gasteiger partial charge in [0.15, 0.2) is 0 Å². The van der Waals surface area contributed by atoms with E-state index >= 15 is 0 Å². The van der Waals surface area contributed by atoms with Crippen LogP contribution in [-0.2, 0) is 0 Å². The molecule has 0 N–H and O–H groups in total. The molecule has 2 heterocycles. The van der Waals surface area contributed by atoms with Gasteiger partial charge in [0.2, 0.25) is 0 Å². The Balaban J connectivity index is 2.13. The molecular weight excluding hydrogens is 264 g/mol. The van der Waals surface area contributed by atoms with Gasteiger partial charge in [-0.05, 0) is 13.3 Å². The summed E-state index contributed by atoms with van der Waals surface area (Å²) < 4.78 is 0. The third-order valence-electron chi connectivity index (χ3n) is 2.36. The summed E-state index contributed by atoms with van der Waals surface area (Å²) in [5.74, 6) is 0.131. The maximum Gasteiger partial charge on any atom is 0.265 e. The van der Waals surface area contributed by atoms with Crippen molar-refractivity contribution >= 4 is 33.2 Å². The summed E-state index contributed by atoms with van der Waals surface area (Å²) in [5, 5.41) is 0. The van der Waals surface area contributed by atoms with Gasteiger partial charge in [0.25, 0.3) is 5.91 Å². The predicted molar refractivity (Wildman–Crippen MR) is 60.1 cm³/mol. The molecule has 0 saturated carbocycles. The van der Waals surface area contributed by atoms with Gasteiger partial charge in [-0.2, -0.15) is 0 Å². The van der Waals surface area contributed by atoms with Crippen LogP contribution >= 0.6 is 27.3 Å². The Morgan fingerprint density at radius 3 is 3.07 bits per heavy atom. The van der Waals surface area contributed by atoms with Gasteiger partial charge in [-0.25, -0.2) is 4.98 Å². The minimum absolute atomic E-state index is 0.131. The smallest absolute Gasteiger partial charge is 0.265 e. The van der Waals surface area contributed by atoms with Gasteiger partial charge in [-0.3, -0.25) is 4.79 Å². The van der Waals surface area contributed by atoms with E-state index in [4.69, 9.17) is 0 Å². The maximum absolute atomic E-state index is 11.9. The lowest BCUT2D eigenvalue weighted by Gasteiger charge is -2.14. The van der Waals surface area contributed by atoms with Gasteiger partial charge in [0.1, 0.15) is 4.88 Å². The Morgan fingerprint density at radius 1 is 1.79 bits per heavy atom. The van der Waals surface area contributed by atoms with E-state index < -0.39 is 0 Å². The van der Waals surface area contributed by atoms with Crippen LogP contribution in [0.15, 0.2) is 5.51 Å². The lowest BCUT2D eigenvalue weighted by Crippen LogP contribution is -2.28. The molecule has 2 rings (SSSR count). The fraction of sp³-hybridized carbons (Fsp3) is 0.556. The summed E-state index contributed by atoms with van der Waals surface area (Å²) in [7, 11) is 0. The monoisotopic (exact) mass is 274 g/mol. The third-order valence-corrected chi connectivity index (χ3v) is 4.02. The number of aromatic nitrogens is 1. The van der Waals surface area contributed by atoms with Crippen molar-refractivity contribution in [2.75, 3.05) is 13.1 Å². The average molecular weight is 275 g/mol. The van der Waals surface area contributed by atoms with Crippen molar-refractivity contribution in [3.63, 3.8) is 0 Å². The van der Waals surface area contributed by atoms with Crippen LogP contribution < -0.4 is 0 Å². The number of halogens is 1. The van der Waals surface area contributed by atoms with E-state index in [1.54, 1.807) is 5.51 Å². The molecule has 1 fully saturated rings. The zero-order valence-electron chi connectivity index (χ0n) is 7.86. The highest BCUT2D eigenvalue weighted by atomic mass is 79.9. The fourth-order valence-electron chi connectivity index (χ4n) is 1.55. The first-order valence-corrected chi connectivity index (χ1v) is 6.31. The maximum atomic E-state index is 11.9. The van der Waals surface area contributed by atoms with Crippen LogP contribution in [-0.4, -0.2) is 33.7 Å². The molecule has 1 aromatic rings. The van der Waals surface area contributed by atoms with Crippen molar-refractivity contribution in [3.8, 4) is 0 Å². The Morgan fingerprint density at radius 2 is 2.57 bits per heavy atom. The molecule has 3 nitrogen and oxygen atoms in total. The number of amides is 1. The molecule has 1 aromatic heterocycles. The minimum Gasteiger partial charge on any atom is -0.337 e. The van der Waals surface area contributed by atoms with E-state index in [1.165, 1.54) is 11.3 Å². The number of thiazole rings is 1. The molecule has 0 spiro atoms. The van der Waals surface area contributed by atoms with E-state index in [1.807, 2.05) is 11.8 Å². The Kier molecular flexibility index (Phi) is 2.88. The number of carbonyl (C=O) groups excluding carboxylic acids is 1.